The van der Waals surface area contributed by atoms with Gasteiger partial charge in [-0.05, 0) is 49.9 Å². The number of amides is 1. The quantitative estimate of drug-likeness (QED) is 0.377. The molecule has 6 N–H and O–H groups in total. The normalized spacial score (nSPS) is 27.8. The number of Topliss-reactive ketones (excluding diaryl/α,β-unsaturated/α-hetero) is 2. The number of primary amides is 1. The van der Waals surface area contributed by atoms with Gasteiger partial charge in [-0.3, -0.25) is 19.3 Å². The van der Waals surface area contributed by atoms with Crippen molar-refractivity contribution in [2.24, 2.45) is 17.6 Å². The summed E-state index contributed by atoms with van der Waals surface area (Å²) in [5.41, 5.74) is 3.15. The van der Waals surface area contributed by atoms with Gasteiger partial charge in [-0.1, -0.05) is 20.8 Å². The number of phenolic OH excluding ortho intramolecular Hbond substituents is 1. The predicted molar refractivity (Wildman–Crippen MR) is 137 cm³/mol. The molecule has 10 nitrogen and oxygen atoms in total. The van der Waals surface area contributed by atoms with Crippen LogP contribution in [-0.2, 0) is 21.4 Å². The van der Waals surface area contributed by atoms with E-state index in [0.29, 0.717) is 11.1 Å². The molecule has 10 heteroatoms. The SMILES string of the molecule is CN(C)c1cc(C(C)(C)C)c(O)c2c1CC1CC3C(N(C)C)C(O)=C(C(N)=O)C(=O)C3(O)C(O)=C1C2=O. The molecule has 0 radical (unpaired) electrons. The first kappa shape index (κ1) is 26.7. The molecule has 0 aliphatic heterocycles. The summed E-state index contributed by atoms with van der Waals surface area (Å²) in [6.45, 7) is 5.71. The van der Waals surface area contributed by atoms with Crippen molar-refractivity contribution in [1.29, 1.82) is 0 Å². The maximum absolute atomic E-state index is 14.0. The molecule has 4 atom stereocenters. The van der Waals surface area contributed by atoms with E-state index in [2.05, 4.69) is 0 Å². The second kappa shape index (κ2) is 8.32. The molecule has 0 aromatic heterocycles. The molecule has 0 heterocycles. The summed E-state index contributed by atoms with van der Waals surface area (Å²) in [4.78, 5) is 42.9. The number of carbonyl (C=O) groups is 3. The highest BCUT2D eigenvalue weighted by Gasteiger charge is 2.63. The summed E-state index contributed by atoms with van der Waals surface area (Å²) >= 11 is 0. The van der Waals surface area contributed by atoms with Gasteiger partial charge in [0.2, 0.25) is 5.78 Å². The molecule has 3 aliphatic rings. The van der Waals surface area contributed by atoms with Crippen LogP contribution >= 0.6 is 0 Å². The Morgan fingerprint density at radius 3 is 2.19 bits per heavy atom. The fourth-order valence-electron chi connectivity index (χ4n) is 6.27. The van der Waals surface area contributed by atoms with Crippen LogP contribution in [0.25, 0.3) is 0 Å². The van der Waals surface area contributed by atoms with Crippen molar-refractivity contribution < 1.29 is 34.8 Å². The number of fused-ring (bicyclic) bond motifs is 3. The number of nitrogens with zero attached hydrogens (tertiary/aromatic N) is 2. The first-order valence-corrected chi connectivity index (χ1v) is 12.2. The van der Waals surface area contributed by atoms with Crippen LogP contribution in [0.4, 0.5) is 5.69 Å². The summed E-state index contributed by atoms with van der Waals surface area (Å²) in [5, 5.41) is 45.3. The number of phenols is 1. The number of aliphatic hydroxyl groups is 3. The number of allylic oxidation sites excluding steroid dienone is 1. The number of likely N-dealkylation sites (N-methyl/N-ethyl adjacent to an activating group) is 1. The first-order chi connectivity index (χ1) is 17.0. The Labute approximate surface area is 215 Å². The van der Waals surface area contributed by atoms with E-state index in [0.717, 1.165) is 5.69 Å². The Balaban J connectivity index is 2.02. The molecule has 1 aromatic rings. The van der Waals surface area contributed by atoms with E-state index in [1.807, 2.05) is 45.8 Å². The monoisotopic (exact) mass is 513 g/mol. The minimum absolute atomic E-state index is 0.0249. The summed E-state index contributed by atoms with van der Waals surface area (Å²) < 4.78 is 0. The smallest absolute Gasteiger partial charge is 0.255 e. The van der Waals surface area contributed by atoms with E-state index in [-0.39, 0.29) is 29.7 Å². The van der Waals surface area contributed by atoms with E-state index in [1.165, 1.54) is 4.90 Å². The second-order valence-corrected chi connectivity index (χ2v) is 11.8. The largest absolute Gasteiger partial charge is 0.510 e. The number of carbonyl (C=O) groups excluding carboxylic acids is 3. The molecule has 0 saturated heterocycles. The molecule has 37 heavy (non-hydrogen) atoms. The summed E-state index contributed by atoms with van der Waals surface area (Å²) in [6, 6.07) is 0.839. The number of rotatable bonds is 3. The van der Waals surface area contributed by atoms with Gasteiger partial charge in [0.25, 0.3) is 5.91 Å². The fourth-order valence-corrected chi connectivity index (χ4v) is 6.27. The van der Waals surface area contributed by atoms with Gasteiger partial charge in [-0.2, -0.15) is 0 Å². The maximum atomic E-state index is 14.0. The minimum atomic E-state index is -2.65. The van der Waals surface area contributed by atoms with E-state index in [1.54, 1.807) is 14.1 Å². The molecule has 0 saturated carbocycles. The van der Waals surface area contributed by atoms with Crippen LogP contribution in [0, 0.1) is 11.8 Å². The first-order valence-electron chi connectivity index (χ1n) is 12.2. The molecule has 4 rings (SSSR count). The standard InChI is InChI=1S/C27H35N3O7/c1-26(2,3)14-10-15(29(4)5)12-8-11-9-13-19(30(6)7)22(33)18(25(28)36)24(35)27(13,37)23(34)16(11)21(32)17(12)20(14)31/h10-11,13,19,31,33-34,37H,8-9H2,1-7H3,(H2,28,36). The van der Waals surface area contributed by atoms with Crippen molar-refractivity contribution in [1.82, 2.24) is 4.90 Å². The molecule has 0 bridgehead atoms. The number of hydrogen-bond acceptors (Lipinski definition) is 9. The lowest BCUT2D eigenvalue weighted by Gasteiger charge is -2.50. The molecule has 0 fully saturated rings. The van der Waals surface area contributed by atoms with Crippen LogP contribution in [0.15, 0.2) is 28.7 Å². The summed E-state index contributed by atoms with van der Waals surface area (Å²) in [5.74, 6) is -6.49. The number of benzene rings is 1. The van der Waals surface area contributed by atoms with Crippen LogP contribution in [0.2, 0.25) is 0 Å². The highest BCUT2D eigenvalue weighted by molar-refractivity contribution is 6.25. The van der Waals surface area contributed by atoms with E-state index >= 15 is 0 Å². The number of ketones is 2. The molecule has 3 aliphatic carbocycles. The Bertz CT molecular complexity index is 1300. The lowest BCUT2D eigenvalue weighted by Crippen LogP contribution is -2.63. The number of aliphatic hydroxyl groups excluding tert-OH is 2. The van der Waals surface area contributed by atoms with Crippen molar-refractivity contribution >= 4 is 23.2 Å². The number of nitrogens with two attached hydrogens (primary N) is 1. The average molecular weight is 514 g/mol. The van der Waals surface area contributed by atoms with E-state index in [9.17, 15) is 34.8 Å². The van der Waals surface area contributed by atoms with Gasteiger partial charge in [0, 0.05) is 36.8 Å². The van der Waals surface area contributed by atoms with Crippen molar-refractivity contribution in [3.8, 4) is 5.75 Å². The highest BCUT2D eigenvalue weighted by atomic mass is 16.3. The molecule has 4 unspecified atom stereocenters. The Hall–Kier alpha value is -3.37. The molecule has 1 amide bonds. The fraction of sp³-hybridized carbons (Fsp3) is 0.519. The van der Waals surface area contributed by atoms with Crippen LogP contribution in [0.1, 0.15) is 48.7 Å². The second-order valence-electron chi connectivity index (χ2n) is 11.8. The van der Waals surface area contributed by atoms with Gasteiger partial charge in [0.05, 0.1) is 11.6 Å². The zero-order valence-corrected chi connectivity index (χ0v) is 22.2. The van der Waals surface area contributed by atoms with Crippen LogP contribution < -0.4 is 10.6 Å². The zero-order chi connectivity index (χ0) is 27.9. The lowest BCUT2D eigenvalue weighted by atomic mass is 9.58. The number of hydrogen-bond donors (Lipinski definition) is 5. The molecule has 1 aromatic carbocycles. The Kier molecular flexibility index (Phi) is 6.00. The summed E-state index contributed by atoms with van der Waals surface area (Å²) in [7, 11) is 6.87. The zero-order valence-electron chi connectivity index (χ0n) is 22.2. The molecule has 0 spiro atoms. The molecular formula is C27H35N3O7. The topological polar surface area (TPSA) is 165 Å². The highest BCUT2D eigenvalue weighted by Crippen LogP contribution is 2.54. The Morgan fingerprint density at radius 2 is 1.70 bits per heavy atom. The van der Waals surface area contributed by atoms with Crippen molar-refractivity contribution in [2.45, 2.75) is 50.7 Å². The van der Waals surface area contributed by atoms with Crippen molar-refractivity contribution in [3.05, 3.63) is 45.4 Å². The third-order valence-electron chi connectivity index (χ3n) is 7.99. The Morgan fingerprint density at radius 1 is 1.11 bits per heavy atom. The molecule has 200 valence electrons. The average Bonchev–Trinajstić information content (AvgIpc) is 2.74. The van der Waals surface area contributed by atoms with Gasteiger partial charge in [0.1, 0.15) is 22.8 Å². The third-order valence-corrected chi connectivity index (χ3v) is 7.99. The number of anilines is 1. The maximum Gasteiger partial charge on any atom is 0.255 e. The van der Waals surface area contributed by atoms with Crippen LogP contribution in [-0.4, -0.2) is 82.6 Å². The molecular weight excluding hydrogens is 478 g/mol. The van der Waals surface area contributed by atoms with Crippen LogP contribution in [0.3, 0.4) is 0 Å². The summed E-state index contributed by atoms with van der Waals surface area (Å²) in [6.07, 6.45) is 0.306. The number of aromatic hydroxyl groups is 1. The van der Waals surface area contributed by atoms with E-state index in [4.69, 9.17) is 5.73 Å². The lowest BCUT2D eigenvalue weighted by molar-refractivity contribution is -0.148. The van der Waals surface area contributed by atoms with Crippen LogP contribution in [0.5, 0.6) is 5.75 Å². The minimum Gasteiger partial charge on any atom is -0.510 e. The van der Waals surface area contributed by atoms with Crippen molar-refractivity contribution in [3.63, 3.8) is 0 Å². The van der Waals surface area contributed by atoms with Gasteiger partial charge in [0.15, 0.2) is 11.4 Å². The predicted octanol–water partition coefficient (Wildman–Crippen LogP) is 1.48. The van der Waals surface area contributed by atoms with Gasteiger partial charge < -0.3 is 31.1 Å². The van der Waals surface area contributed by atoms with Gasteiger partial charge in [-0.15, -0.1) is 0 Å². The van der Waals surface area contributed by atoms with Crippen molar-refractivity contribution in [2.75, 3.05) is 33.1 Å². The van der Waals surface area contributed by atoms with Gasteiger partial charge in [-0.25, -0.2) is 0 Å². The van der Waals surface area contributed by atoms with E-state index < -0.39 is 63.5 Å². The van der Waals surface area contributed by atoms with Gasteiger partial charge >= 0.3 is 0 Å². The third kappa shape index (κ3) is 3.57.